The van der Waals surface area contributed by atoms with Crippen LogP contribution in [0.1, 0.15) is 6.42 Å². The SMILES string of the molecule is CN(CCC(=O)Nc1cccc(Cl)c1)c1ncnc2sc(-c3ccccc3)cc12. The van der Waals surface area contributed by atoms with Gasteiger partial charge in [0, 0.05) is 35.6 Å². The second-order valence-corrected chi connectivity index (χ2v) is 8.09. The average molecular weight is 423 g/mol. The number of hydrogen-bond acceptors (Lipinski definition) is 5. The van der Waals surface area contributed by atoms with E-state index in [9.17, 15) is 4.79 Å². The first-order chi connectivity index (χ1) is 14.1. The summed E-state index contributed by atoms with van der Waals surface area (Å²) in [5, 5.41) is 4.46. The molecule has 0 atom stereocenters. The molecule has 29 heavy (non-hydrogen) atoms. The van der Waals surface area contributed by atoms with Gasteiger partial charge in [0.1, 0.15) is 17.0 Å². The van der Waals surface area contributed by atoms with E-state index in [1.807, 2.05) is 42.3 Å². The molecule has 1 amide bonds. The van der Waals surface area contributed by atoms with Gasteiger partial charge in [-0.05, 0) is 29.8 Å². The van der Waals surface area contributed by atoms with Gasteiger partial charge in [0.05, 0.1) is 5.39 Å². The minimum absolute atomic E-state index is 0.0697. The number of amides is 1. The van der Waals surface area contributed by atoms with Crippen molar-refractivity contribution in [2.45, 2.75) is 6.42 Å². The monoisotopic (exact) mass is 422 g/mol. The van der Waals surface area contributed by atoms with Crippen LogP contribution in [-0.2, 0) is 4.79 Å². The zero-order valence-corrected chi connectivity index (χ0v) is 17.4. The lowest BCUT2D eigenvalue weighted by molar-refractivity contribution is -0.116. The van der Waals surface area contributed by atoms with Gasteiger partial charge in [0.2, 0.25) is 5.91 Å². The van der Waals surface area contributed by atoms with E-state index < -0.39 is 0 Å². The van der Waals surface area contributed by atoms with Gasteiger partial charge in [-0.2, -0.15) is 0 Å². The van der Waals surface area contributed by atoms with Crippen molar-refractivity contribution in [1.82, 2.24) is 9.97 Å². The maximum atomic E-state index is 12.3. The Labute approximate surface area is 178 Å². The number of carbonyl (C=O) groups excluding carboxylic acids is 1. The quantitative estimate of drug-likeness (QED) is 0.447. The molecule has 2 aromatic heterocycles. The second-order valence-electron chi connectivity index (χ2n) is 6.62. The first kappa shape index (κ1) is 19.4. The molecule has 2 aromatic carbocycles. The maximum absolute atomic E-state index is 12.3. The fourth-order valence-electron chi connectivity index (χ4n) is 3.06. The molecule has 0 aliphatic carbocycles. The lowest BCUT2D eigenvalue weighted by atomic mass is 10.2. The Hall–Kier alpha value is -2.96. The molecule has 0 saturated heterocycles. The van der Waals surface area contributed by atoms with Gasteiger partial charge in [-0.3, -0.25) is 4.79 Å². The van der Waals surface area contributed by atoms with Gasteiger partial charge >= 0.3 is 0 Å². The van der Waals surface area contributed by atoms with Gasteiger partial charge in [-0.15, -0.1) is 11.3 Å². The number of fused-ring (bicyclic) bond motifs is 1. The number of hydrogen-bond donors (Lipinski definition) is 1. The van der Waals surface area contributed by atoms with E-state index >= 15 is 0 Å². The molecular weight excluding hydrogens is 404 g/mol. The molecule has 0 unspecified atom stereocenters. The number of nitrogens with zero attached hydrogens (tertiary/aromatic N) is 3. The van der Waals surface area contributed by atoms with E-state index in [0.717, 1.165) is 26.5 Å². The number of benzene rings is 2. The fourth-order valence-corrected chi connectivity index (χ4v) is 4.25. The highest BCUT2D eigenvalue weighted by atomic mass is 35.5. The van der Waals surface area contributed by atoms with Crippen molar-refractivity contribution in [2.75, 3.05) is 23.8 Å². The van der Waals surface area contributed by atoms with Crippen molar-refractivity contribution in [3.63, 3.8) is 0 Å². The molecule has 5 nitrogen and oxygen atoms in total. The normalized spacial score (nSPS) is 10.8. The van der Waals surface area contributed by atoms with E-state index in [1.165, 1.54) is 0 Å². The molecular formula is C22H19ClN4OS. The lowest BCUT2D eigenvalue weighted by Gasteiger charge is -2.18. The Balaban J connectivity index is 1.47. The van der Waals surface area contributed by atoms with Crippen LogP contribution < -0.4 is 10.2 Å². The van der Waals surface area contributed by atoms with E-state index in [4.69, 9.17) is 11.6 Å². The van der Waals surface area contributed by atoms with E-state index in [1.54, 1.807) is 29.8 Å². The Bertz CT molecular complexity index is 1150. The van der Waals surface area contributed by atoms with E-state index in [0.29, 0.717) is 23.7 Å². The minimum Gasteiger partial charge on any atom is -0.359 e. The van der Waals surface area contributed by atoms with Gasteiger partial charge in [0.25, 0.3) is 0 Å². The summed E-state index contributed by atoms with van der Waals surface area (Å²) >= 11 is 7.60. The summed E-state index contributed by atoms with van der Waals surface area (Å²) < 4.78 is 0. The predicted molar refractivity (Wildman–Crippen MR) is 121 cm³/mol. The average Bonchev–Trinajstić information content (AvgIpc) is 3.17. The third kappa shape index (κ3) is 4.55. The summed E-state index contributed by atoms with van der Waals surface area (Å²) in [5.41, 5.74) is 1.85. The summed E-state index contributed by atoms with van der Waals surface area (Å²) in [7, 11) is 1.94. The van der Waals surface area contributed by atoms with Crippen LogP contribution in [0, 0.1) is 0 Å². The highest BCUT2D eigenvalue weighted by molar-refractivity contribution is 7.21. The van der Waals surface area contributed by atoms with Crippen molar-refractivity contribution in [2.24, 2.45) is 0 Å². The number of anilines is 2. The van der Waals surface area contributed by atoms with Gasteiger partial charge < -0.3 is 10.2 Å². The van der Waals surface area contributed by atoms with Crippen molar-refractivity contribution < 1.29 is 4.79 Å². The van der Waals surface area contributed by atoms with Crippen LogP contribution in [0.5, 0.6) is 0 Å². The number of carbonyl (C=O) groups is 1. The predicted octanol–water partition coefficient (Wildman–Crippen LogP) is 5.48. The first-order valence-electron chi connectivity index (χ1n) is 9.16. The van der Waals surface area contributed by atoms with Crippen molar-refractivity contribution >= 4 is 50.6 Å². The van der Waals surface area contributed by atoms with Crippen molar-refractivity contribution in [3.8, 4) is 10.4 Å². The minimum atomic E-state index is -0.0697. The molecule has 0 saturated carbocycles. The lowest BCUT2D eigenvalue weighted by Crippen LogP contribution is -2.24. The fraction of sp³-hybridized carbons (Fsp3) is 0.136. The smallest absolute Gasteiger partial charge is 0.226 e. The zero-order chi connectivity index (χ0) is 20.2. The number of thiophene rings is 1. The Morgan fingerprint density at radius 3 is 2.72 bits per heavy atom. The maximum Gasteiger partial charge on any atom is 0.226 e. The summed E-state index contributed by atoms with van der Waals surface area (Å²) in [5.74, 6) is 0.753. The molecule has 0 aliphatic heterocycles. The number of rotatable bonds is 6. The van der Waals surface area contributed by atoms with Crippen LogP contribution >= 0.6 is 22.9 Å². The molecule has 1 N–H and O–H groups in total. The number of nitrogens with one attached hydrogen (secondary N) is 1. The summed E-state index contributed by atoms with van der Waals surface area (Å²) in [6, 6.07) is 19.5. The van der Waals surface area contributed by atoms with E-state index in [2.05, 4.69) is 33.5 Å². The van der Waals surface area contributed by atoms with Crippen LogP contribution in [-0.4, -0.2) is 29.5 Å². The zero-order valence-electron chi connectivity index (χ0n) is 15.8. The third-order valence-corrected chi connectivity index (χ3v) is 5.84. The van der Waals surface area contributed by atoms with E-state index in [-0.39, 0.29) is 5.91 Å². The molecule has 0 bridgehead atoms. The highest BCUT2D eigenvalue weighted by Gasteiger charge is 2.14. The number of halogens is 1. The third-order valence-electron chi connectivity index (χ3n) is 4.51. The molecule has 0 radical (unpaired) electrons. The molecule has 146 valence electrons. The standard InChI is InChI=1S/C22H19ClN4OS/c1-27(11-10-20(28)26-17-9-5-8-16(23)12-17)21-18-13-19(15-6-3-2-4-7-15)29-22(18)25-14-24-21/h2-9,12-14H,10-11H2,1H3,(H,26,28). The highest BCUT2D eigenvalue weighted by Crippen LogP contribution is 2.35. The Morgan fingerprint density at radius 1 is 1.10 bits per heavy atom. The molecule has 2 heterocycles. The van der Waals surface area contributed by atoms with Crippen molar-refractivity contribution in [1.29, 1.82) is 0 Å². The molecule has 0 fully saturated rings. The largest absolute Gasteiger partial charge is 0.359 e. The van der Waals surface area contributed by atoms with Gasteiger partial charge in [-0.25, -0.2) is 9.97 Å². The molecule has 4 rings (SSSR count). The molecule has 7 heteroatoms. The van der Waals surface area contributed by atoms with Crippen molar-refractivity contribution in [3.05, 3.63) is 72.0 Å². The molecule has 0 spiro atoms. The molecule has 0 aliphatic rings. The molecule has 4 aromatic rings. The second kappa shape index (κ2) is 8.59. The summed E-state index contributed by atoms with van der Waals surface area (Å²) in [4.78, 5) is 25.3. The van der Waals surface area contributed by atoms with Gasteiger partial charge in [0.15, 0.2) is 0 Å². The first-order valence-corrected chi connectivity index (χ1v) is 10.4. The summed E-state index contributed by atoms with van der Waals surface area (Å²) in [6.07, 6.45) is 1.91. The summed E-state index contributed by atoms with van der Waals surface area (Å²) in [6.45, 7) is 0.537. The van der Waals surface area contributed by atoms with Crippen LogP contribution in [0.4, 0.5) is 11.5 Å². The Morgan fingerprint density at radius 2 is 1.93 bits per heavy atom. The van der Waals surface area contributed by atoms with Crippen LogP contribution in [0.25, 0.3) is 20.7 Å². The van der Waals surface area contributed by atoms with Crippen LogP contribution in [0.2, 0.25) is 5.02 Å². The van der Waals surface area contributed by atoms with Crippen LogP contribution in [0.3, 0.4) is 0 Å². The topological polar surface area (TPSA) is 58.1 Å². The Kier molecular flexibility index (Phi) is 5.74. The number of aromatic nitrogens is 2. The van der Waals surface area contributed by atoms with Crippen LogP contribution in [0.15, 0.2) is 67.0 Å². The van der Waals surface area contributed by atoms with Gasteiger partial charge in [-0.1, -0.05) is 48.0 Å².